The molecule has 4 atom stereocenters. The zero-order valence-electron chi connectivity index (χ0n) is 22.2. The molecule has 0 radical (unpaired) electrons. The molecular formula is C32H41F2NO. The summed E-state index contributed by atoms with van der Waals surface area (Å²) >= 11 is 0. The molecule has 0 amide bonds. The molecule has 5 rings (SSSR count). The number of halogens is 2. The van der Waals surface area contributed by atoms with Gasteiger partial charge in [-0.15, -0.1) is 0 Å². The Morgan fingerprint density at radius 2 is 1.64 bits per heavy atom. The Hall–Kier alpha value is -2.23. The van der Waals surface area contributed by atoms with E-state index in [4.69, 9.17) is 4.74 Å². The number of hydrogen-bond acceptors (Lipinski definition) is 2. The SMILES string of the molecule is CCCCCC1CC[C@@H]2C[C@H](c3ccc(-c4ccc(C5=NC(C)(C)CO5)c(F)c4)c(F)c3)CC[C@@H]2C1. The molecule has 2 aromatic carbocycles. The molecule has 1 heterocycles. The molecule has 2 saturated carbocycles. The van der Waals surface area contributed by atoms with Crippen LogP contribution in [0.2, 0.25) is 0 Å². The van der Waals surface area contributed by atoms with Crippen LogP contribution in [0.3, 0.4) is 0 Å². The second kappa shape index (κ2) is 10.6. The number of fused-ring (bicyclic) bond motifs is 1. The number of rotatable bonds is 7. The number of unbranched alkanes of at least 4 members (excludes halogenated alkanes) is 2. The van der Waals surface area contributed by atoms with Crippen molar-refractivity contribution in [2.75, 3.05) is 6.61 Å². The van der Waals surface area contributed by atoms with Crippen LogP contribution in [-0.2, 0) is 4.74 Å². The zero-order valence-corrected chi connectivity index (χ0v) is 22.2. The van der Waals surface area contributed by atoms with E-state index in [0.29, 0.717) is 35.1 Å². The first-order valence-electron chi connectivity index (χ1n) is 14.2. The number of nitrogens with zero attached hydrogens (tertiary/aromatic N) is 1. The fraction of sp³-hybridized carbons (Fsp3) is 0.594. The van der Waals surface area contributed by atoms with Crippen LogP contribution >= 0.6 is 0 Å². The fourth-order valence-corrected chi connectivity index (χ4v) is 6.83. The lowest BCUT2D eigenvalue weighted by Gasteiger charge is -2.42. The monoisotopic (exact) mass is 493 g/mol. The van der Waals surface area contributed by atoms with Gasteiger partial charge in [-0.25, -0.2) is 13.8 Å². The van der Waals surface area contributed by atoms with Gasteiger partial charge in [0.15, 0.2) is 0 Å². The van der Waals surface area contributed by atoms with Gasteiger partial charge in [-0.1, -0.05) is 57.2 Å². The minimum atomic E-state index is -0.434. The summed E-state index contributed by atoms with van der Waals surface area (Å²) < 4.78 is 35.8. The van der Waals surface area contributed by atoms with Crippen LogP contribution in [-0.4, -0.2) is 18.0 Å². The van der Waals surface area contributed by atoms with Crippen LogP contribution in [0, 0.1) is 29.4 Å². The van der Waals surface area contributed by atoms with Crippen molar-refractivity contribution >= 4 is 5.90 Å². The lowest BCUT2D eigenvalue weighted by Crippen LogP contribution is -2.30. The van der Waals surface area contributed by atoms with Crippen molar-refractivity contribution in [1.82, 2.24) is 0 Å². The Labute approximate surface area is 215 Å². The van der Waals surface area contributed by atoms with Crippen LogP contribution in [0.4, 0.5) is 8.78 Å². The first-order valence-corrected chi connectivity index (χ1v) is 14.2. The van der Waals surface area contributed by atoms with Crippen LogP contribution in [0.25, 0.3) is 11.1 Å². The van der Waals surface area contributed by atoms with Gasteiger partial charge in [-0.2, -0.15) is 0 Å². The average molecular weight is 494 g/mol. The Morgan fingerprint density at radius 1 is 0.889 bits per heavy atom. The molecule has 1 aliphatic heterocycles. The molecule has 0 N–H and O–H groups in total. The van der Waals surface area contributed by atoms with E-state index in [1.807, 2.05) is 19.9 Å². The predicted octanol–water partition coefficient (Wildman–Crippen LogP) is 9.07. The summed E-state index contributed by atoms with van der Waals surface area (Å²) in [6.07, 6.45) is 13.2. The van der Waals surface area contributed by atoms with Gasteiger partial charge in [0.25, 0.3) is 0 Å². The van der Waals surface area contributed by atoms with E-state index in [2.05, 4.69) is 18.0 Å². The second-order valence-electron chi connectivity index (χ2n) is 12.2. The molecule has 2 fully saturated rings. The first-order chi connectivity index (χ1) is 17.3. The highest BCUT2D eigenvalue weighted by atomic mass is 19.1. The summed E-state index contributed by atoms with van der Waals surface area (Å²) in [5.41, 5.74) is 2.07. The predicted molar refractivity (Wildman–Crippen MR) is 143 cm³/mol. The highest BCUT2D eigenvalue weighted by molar-refractivity contribution is 5.96. The lowest BCUT2D eigenvalue weighted by atomic mass is 9.63. The molecule has 2 nitrogen and oxygen atoms in total. The topological polar surface area (TPSA) is 21.6 Å². The quantitative estimate of drug-likeness (QED) is 0.353. The highest BCUT2D eigenvalue weighted by Crippen LogP contribution is 2.48. The largest absolute Gasteiger partial charge is 0.475 e. The molecule has 2 aromatic rings. The molecule has 0 bridgehead atoms. The van der Waals surface area contributed by atoms with Gasteiger partial charge in [-0.05, 0) is 98.9 Å². The Morgan fingerprint density at radius 3 is 2.36 bits per heavy atom. The molecule has 2 aliphatic carbocycles. The van der Waals surface area contributed by atoms with Gasteiger partial charge >= 0.3 is 0 Å². The maximum Gasteiger partial charge on any atom is 0.219 e. The summed E-state index contributed by atoms with van der Waals surface area (Å²) in [5.74, 6) is 2.65. The van der Waals surface area contributed by atoms with Crippen molar-refractivity contribution in [3.63, 3.8) is 0 Å². The smallest absolute Gasteiger partial charge is 0.219 e. The van der Waals surface area contributed by atoms with Crippen molar-refractivity contribution in [1.29, 1.82) is 0 Å². The molecule has 194 valence electrons. The average Bonchev–Trinajstić information content (AvgIpc) is 3.23. The molecule has 0 saturated heterocycles. The van der Waals surface area contributed by atoms with E-state index in [-0.39, 0.29) is 11.4 Å². The maximum absolute atomic E-state index is 15.3. The molecule has 0 spiro atoms. The summed E-state index contributed by atoms with van der Waals surface area (Å²) in [6.45, 7) is 6.62. The Balaban J connectivity index is 1.25. The highest BCUT2D eigenvalue weighted by Gasteiger charge is 2.36. The fourth-order valence-electron chi connectivity index (χ4n) is 6.83. The molecule has 4 heteroatoms. The van der Waals surface area contributed by atoms with Crippen molar-refractivity contribution in [3.8, 4) is 11.1 Å². The van der Waals surface area contributed by atoms with E-state index in [9.17, 15) is 4.39 Å². The number of benzene rings is 2. The molecule has 0 aromatic heterocycles. The van der Waals surface area contributed by atoms with Gasteiger partial charge in [0.1, 0.15) is 18.2 Å². The van der Waals surface area contributed by atoms with Crippen molar-refractivity contribution in [2.24, 2.45) is 22.7 Å². The van der Waals surface area contributed by atoms with Gasteiger partial charge in [-0.3, -0.25) is 0 Å². The lowest BCUT2D eigenvalue weighted by molar-refractivity contribution is 0.113. The summed E-state index contributed by atoms with van der Waals surface area (Å²) in [4.78, 5) is 4.46. The molecule has 36 heavy (non-hydrogen) atoms. The number of aliphatic imine (C=N–C) groups is 1. The normalized spacial score (nSPS) is 27.3. The number of ether oxygens (including phenoxy) is 1. The standard InChI is InChI=1S/C32H41F2NO/c1-4-5-6-7-21-8-9-23-17-24(11-10-22(23)16-21)25-12-14-27(29(33)18-25)26-13-15-28(30(34)19-26)31-35-32(2,3)20-36-31/h12-15,18-19,21-24H,4-11,16-17,20H2,1-3H3/t21?,22-,23-,24-/m1/s1. The van der Waals surface area contributed by atoms with Crippen LogP contribution < -0.4 is 0 Å². The van der Waals surface area contributed by atoms with Crippen LogP contribution in [0.15, 0.2) is 41.4 Å². The van der Waals surface area contributed by atoms with E-state index in [1.54, 1.807) is 18.2 Å². The van der Waals surface area contributed by atoms with Crippen molar-refractivity contribution in [3.05, 3.63) is 59.2 Å². The molecule has 1 unspecified atom stereocenters. The summed E-state index contributed by atoms with van der Waals surface area (Å²) in [6, 6.07) is 10.4. The van der Waals surface area contributed by atoms with Gasteiger partial charge in [0, 0.05) is 5.56 Å². The van der Waals surface area contributed by atoms with Crippen LogP contribution in [0.5, 0.6) is 0 Å². The third-order valence-corrected chi connectivity index (χ3v) is 8.88. The van der Waals surface area contributed by atoms with Gasteiger partial charge in [0.2, 0.25) is 5.90 Å². The Kier molecular flexibility index (Phi) is 7.51. The second-order valence-corrected chi connectivity index (χ2v) is 12.2. The minimum absolute atomic E-state index is 0.267. The molecular weight excluding hydrogens is 452 g/mol. The minimum Gasteiger partial charge on any atom is -0.475 e. The summed E-state index contributed by atoms with van der Waals surface area (Å²) in [7, 11) is 0. The molecule has 3 aliphatic rings. The van der Waals surface area contributed by atoms with Crippen molar-refractivity contribution < 1.29 is 13.5 Å². The van der Waals surface area contributed by atoms with E-state index < -0.39 is 5.82 Å². The maximum atomic E-state index is 15.3. The van der Waals surface area contributed by atoms with Crippen LogP contribution in [0.1, 0.15) is 102 Å². The van der Waals surface area contributed by atoms with E-state index >= 15 is 4.39 Å². The van der Waals surface area contributed by atoms with Gasteiger partial charge in [0.05, 0.1) is 11.1 Å². The first kappa shape index (κ1) is 25.4. The third kappa shape index (κ3) is 5.53. The van der Waals surface area contributed by atoms with Gasteiger partial charge < -0.3 is 4.74 Å². The van der Waals surface area contributed by atoms with Crippen molar-refractivity contribution in [2.45, 2.75) is 96.4 Å². The Bertz CT molecular complexity index is 1110. The van der Waals surface area contributed by atoms with E-state index in [0.717, 1.165) is 29.7 Å². The number of hydrogen-bond donors (Lipinski definition) is 0. The zero-order chi connectivity index (χ0) is 25.3. The van der Waals surface area contributed by atoms with E-state index in [1.165, 1.54) is 63.9 Å². The third-order valence-electron chi connectivity index (χ3n) is 8.88. The summed E-state index contributed by atoms with van der Waals surface area (Å²) in [5, 5.41) is 0.